The van der Waals surface area contributed by atoms with E-state index in [9.17, 15) is 14.0 Å². The molecule has 0 aliphatic carbocycles. The molecule has 39 heavy (non-hydrogen) atoms. The van der Waals surface area contributed by atoms with E-state index in [-0.39, 0.29) is 18.8 Å². The molecular weight excluding hydrogens is 503 g/mol. The van der Waals surface area contributed by atoms with Gasteiger partial charge >= 0.3 is 6.09 Å². The van der Waals surface area contributed by atoms with Crippen LogP contribution in [0.25, 0.3) is 16.8 Å². The van der Waals surface area contributed by atoms with Crippen molar-refractivity contribution in [2.24, 2.45) is 12.8 Å². The number of carbonyl (C=O) groups is 2. The number of imidazole rings is 1. The van der Waals surface area contributed by atoms with Crippen molar-refractivity contribution in [3.8, 4) is 16.9 Å². The fourth-order valence-corrected chi connectivity index (χ4v) is 4.22. The lowest BCUT2D eigenvalue weighted by Crippen LogP contribution is -2.34. The summed E-state index contributed by atoms with van der Waals surface area (Å²) in [6, 6.07) is 8.07. The number of amides is 2. The van der Waals surface area contributed by atoms with Crippen LogP contribution in [0.15, 0.2) is 42.7 Å². The van der Waals surface area contributed by atoms with Gasteiger partial charge in [0.2, 0.25) is 0 Å². The molecule has 1 aromatic carbocycles. The molecule has 0 aliphatic rings. The highest BCUT2D eigenvalue weighted by atomic mass is 19.1. The molecule has 4 aromatic rings. The van der Waals surface area contributed by atoms with Crippen molar-refractivity contribution in [3.63, 3.8) is 0 Å². The number of aromatic nitrogens is 4. The first kappa shape index (κ1) is 27.6. The first-order chi connectivity index (χ1) is 18.3. The average molecular weight is 537 g/mol. The number of hydrogen-bond donors (Lipinski definition) is 1. The minimum absolute atomic E-state index is 0.183. The van der Waals surface area contributed by atoms with E-state index in [1.54, 1.807) is 31.0 Å². The highest BCUT2D eigenvalue weighted by Gasteiger charge is 2.21. The van der Waals surface area contributed by atoms with Gasteiger partial charge in [0, 0.05) is 55.2 Å². The monoisotopic (exact) mass is 536 g/mol. The maximum Gasteiger partial charge on any atom is 0.410 e. The second-order valence-corrected chi connectivity index (χ2v) is 10.4. The third-order valence-electron chi connectivity index (χ3n) is 6.24. The van der Waals surface area contributed by atoms with Crippen LogP contribution in [0.1, 0.15) is 48.2 Å². The molecule has 0 atom stereocenters. The number of fused-ring (bicyclic) bond motifs is 1. The number of hydrogen-bond acceptors (Lipinski definition) is 6. The molecule has 10 nitrogen and oxygen atoms in total. The van der Waals surface area contributed by atoms with Crippen LogP contribution in [-0.4, -0.2) is 55.3 Å². The van der Waals surface area contributed by atoms with Crippen molar-refractivity contribution in [3.05, 3.63) is 71.2 Å². The third kappa shape index (κ3) is 6.19. The maximum atomic E-state index is 14.2. The van der Waals surface area contributed by atoms with Crippen LogP contribution in [0.3, 0.4) is 0 Å². The average Bonchev–Trinajstić information content (AvgIpc) is 3.38. The molecule has 0 saturated carbocycles. The first-order valence-corrected chi connectivity index (χ1v) is 12.5. The predicted octanol–water partition coefficient (Wildman–Crippen LogP) is 4.27. The summed E-state index contributed by atoms with van der Waals surface area (Å²) in [7, 11) is 3.40. The fourth-order valence-electron chi connectivity index (χ4n) is 4.22. The Balaban J connectivity index is 1.58. The number of primary amides is 1. The SMILES string of the molecule is Cc1c(CCOc2cc(F)ccc2-c2ccc3ncc(CN(C)C(=O)OC(C)(C)C)n3c2)c(C(N)=O)nn1C. The van der Waals surface area contributed by atoms with Gasteiger partial charge in [0.25, 0.3) is 5.91 Å². The van der Waals surface area contributed by atoms with Crippen LogP contribution in [0.4, 0.5) is 9.18 Å². The van der Waals surface area contributed by atoms with Gasteiger partial charge in [-0.05, 0) is 52.0 Å². The highest BCUT2D eigenvalue weighted by Crippen LogP contribution is 2.32. The van der Waals surface area contributed by atoms with E-state index in [2.05, 4.69) is 10.1 Å². The van der Waals surface area contributed by atoms with Gasteiger partial charge in [-0.25, -0.2) is 14.2 Å². The van der Waals surface area contributed by atoms with Crippen LogP contribution in [0.5, 0.6) is 5.75 Å². The molecular formula is C28H33FN6O4. The number of carbonyl (C=O) groups excluding carboxylic acids is 2. The lowest BCUT2D eigenvalue weighted by atomic mass is 10.1. The summed E-state index contributed by atoms with van der Waals surface area (Å²) >= 11 is 0. The van der Waals surface area contributed by atoms with Gasteiger partial charge in [-0.15, -0.1) is 0 Å². The van der Waals surface area contributed by atoms with Crippen molar-refractivity contribution in [2.45, 2.75) is 46.3 Å². The molecule has 3 aromatic heterocycles. The standard InChI is InChI=1S/C28H33FN6O4/c1-17-21(25(26(30)36)32-34(17)6)11-12-38-23-13-19(29)8-9-22(23)18-7-10-24-31-14-20(35(24)15-18)16-33(5)27(37)39-28(2,3)4/h7-10,13-15H,11-12,16H2,1-6H3,(H2,30,36). The first-order valence-electron chi connectivity index (χ1n) is 12.5. The Morgan fingerprint density at radius 3 is 2.62 bits per heavy atom. The summed E-state index contributed by atoms with van der Waals surface area (Å²) in [5.41, 5.74) is 9.50. The molecule has 11 heteroatoms. The molecule has 0 spiro atoms. The number of benzene rings is 1. The fraction of sp³-hybridized carbons (Fsp3) is 0.357. The minimum atomic E-state index is -0.609. The summed E-state index contributed by atoms with van der Waals surface area (Å²) in [5.74, 6) is -0.696. The van der Waals surface area contributed by atoms with E-state index in [1.807, 2.05) is 50.4 Å². The largest absolute Gasteiger partial charge is 0.492 e. The molecule has 2 N–H and O–H groups in total. The topological polar surface area (TPSA) is 117 Å². The van der Waals surface area contributed by atoms with Crippen molar-refractivity contribution < 1.29 is 23.5 Å². The Labute approximate surface area is 226 Å². The zero-order valence-electron chi connectivity index (χ0n) is 23.0. The summed E-state index contributed by atoms with van der Waals surface area (Å²) in [5, 5.41) is 4.18. The van der Waals surface area contributed by atoms with E-state index >= 15 is 0 Å². The Kier molecular flexibility index (Phi) is 7.62. The van der Waals surface area contributed by atoms with Crippen molar-refractivity contribution >= 4 is 17.6 Å². The lowest BCUT2D eigenvalue weighted by molar-refractivity contribution is 0.0282. The van der Waals surface area contributed by atoms with Crippen LogP contribution < -0.4 is 10.5 Å². The van der Waals surface area contributed by atoms with Crippen molar-refractivity contribution in [1.82, 2.24) is 24.1 Å². The molecule has 0 bridgehead atoms. The molecule has 3 heterocycles. The molecule has 2 amide bonds. The summed E-state index contributed by atoms with van der Waals surface area (Å²) in [6.45, 7) is 7.75. The molecule has 0 aliphatic heterocycles. The molecule has 0 unspecified atom stereocenters. The zero-order chi connectivity index (χ0) is 28.5. The second kappa shape index (κ2) is 10.8. The zero-order valence-corrected chi connectivity index (χ0v) is 23.0. The lowest BCUT2D eigenvalue weighted by Gasteiger charge is -2.24. The number of ether oxygens (including phenoxy) is 2. The van der Waals surface area contributed by atoms with Gasteiger partial charge in [0.1, 0.15) is 22.8 Å². The predicted molar refractivity (Wildman–Crippen MR) is 144 cm³/mol. The van der Waals surface area contributed by atoms with E-state index in [4.69, 9.17) is 15.2 Å². The van der Waals surface area contributed by atoms with Crippen molar-refractivity contribution in [2.75, 3.05) is 13.7 Å². The Morgan fingerprint density at radius 1 is 1.18 bits per heavy atom. The van der Waals surface area contributed by atoms with Gasteiger partial charge in [-0.3, -0.25) is 9.48 Å². The Hall–Kier alpha value is -4.41. The third-order valence-corrected chi connectivity index (χ3v) is 6.24. The van der Waals surface area contributed by atoms with Crippen LogP contribution >= 0.6 is 0 Å². The van der Waals surface area contributed by atoms with Gasteiger partial charge < -0.3 is 24.5 Å². The summed E-state index contributed by atoms with van der Waals surface area (Å²) in [6.07, 6.45) is 3.51. The Morgan fingerprint density at radius 2 is 1.92 bits per heavy atom. The molecule has 0 saturated heterocycles. The maximum absolute atomic E-state index is 14.2. The van der Waals surface area contributed by atoms with Crippen LogP contribution in [0, 0.1) is 12.7 Å². The van der Waals surface area contributed by atoms with E-state index in [0.29, 0.717) is 28.9 Å². The van der Waals surface area contributed by atoms with E-state index in [0.717, 1.165) is 17.0 Å². The molecule has 4 rings (SSSR count). The summed E-state index contributed by atoms with van der Waals surface area (Å²) in [4.78, 5) is 30.2. The van der Waals surface area contributed by atoms with Gasteiger partial charge in [0.15, 0.2) is 5.69 Å². The number of nitrogens with two attached hydrogens (primary N) is 1. The van der Waals surface area contributed by atoms with Gasteiger partial charge in [-0.2, -0.15) is 5.10 Å². The number of aryl methyl sites for hydroxylation is 1. The number of nitrogens with zero attached hydrogens (tertiary/aromatic N) is 5. The quantitative estimate of drug-likeness (QED) is 0.360. The Bertz CT molecular complexity index is 1540. The normalized spacial score (nSPS) is 11.6. The van der Waals surface area contributed by atoms with Crippen LogP contribution in [-0.2, 0) is 24.8 Å². The summed E-state index contributed by atoms with van der Waals surface area (Å²) < 4.78 is 29.2. The number of halogens is 1. The number of rotatable bonds is 8. The van der Waals surface area contributed by atoms with Gasteiger partial charge in [0.05, 0.1) is 25.0 Å². The number of pyridine rings is 1. The van der Waals surface area contributed by atoms with E-state index < -0.39 is 23.4 Å². The molecule has 206 valence electrons. The van der Waals surface area contributed by atoms with E-state index in [1.165, 1.54) is 17.0 Å². The molecule has 0 fully saturated rings. The van der Waals surface area contributed by atoms with Crippen LogP contribution in [0.2, 0.25) is 0 Å². The smallest absolute Gasteiger partial charge is 0.410 e. The molecule has 0 radical (unpaired) electrons. The van der Waals surface area contributed by atoms with Gasteiger partial charge in [-0.1, -0.05) is 0 Å². The minimum Gasteiger partial charge on any atom is -0.492 e. The van der Waals surface area contributed by atoms with Crippen molar-refractivity contribution in [1.29, 1.82) is 0 Å². The second-order valence-electron chi connectivity index (χ2n) is 10.4. The highest BCUT2D eigenvalue weighted by molar-refractivity contribution is 5.92.